The van der Waals surface area contributed by atoms with Crippen molar-refractivity contribution in [2.75, 3.05) is 7.05 Å². The highest BCUT2D eigenvalue weighted by atomic mass is 14.8. The van der Waals surface area contributed by atoms with Crippen LogP contribution in [0.25, 0.3) is 6.08 Å². The minimum atomic E-state index is 0.918. The van der Waals surface area contributed by atoms with Gasteiger partial charge in [-0.3, -0.25) is 0 Å². The van der Waals surface area contributed by atoms with Crippen molar-refractivity contribution >= 4 is 6.08 Å². The minimum absolute atomic E-state index is 0.918. The van der Waals surface area contributed by atoms with Gasteiger partial charge < -0.3 is 5.32 Å². The number of hydrogen-bond donors (Lipinski definition) is 1. The molecule has 11 heavy (non-hydrogen) atoms. The molecular formula is C10H13N. The third kappa shape index (κ3) is 2.20. The van der Waals surface area contributed by atoms with E-state index in [0.29, 0.717) is 0 Å². The third-order valence-corrected chi connectivity index (χ3v) is 1.57. The van der Waals surface area contributed by atoms with Gasteiger partial charge in [-0.25, -0.2) is 0 Å². The molecule has 1 N–H and O–H groups in total. The maximum Gasteiger partial charge on any atom is 0.0202 e. The summed E-state index contributed by atoms with van der Waals surface area (Å²) in [5.41, 5.74) is 2.47. The van der Waals surface area contributed by atoms with Gasteiger partial charge in [0.15, 0.2) is 0 Å². The standard InChI is InChI=1S/C10H13N/c1-3-9-5-4-6-10(7-9)8-11-2/h3-7,11H,1,8H2,2H3. The second kappa shape index (κ2) is 3.94. The van der Waals surface area contributed by atoms with Gasteiger partial charge in [0.2, 0.25) is 0 Å². The Morgan fingerprint density at radius 2 is 2.36 bits per heavy atom. The molecule has 1 heteroatoms. The Bertz CT molecular complexity index is 240. The summed E-state index contributed by atoms with van der Waals surface area (Å²) < 4.78 is 0. The summed E-state index contributed by atoms with van der Waals surface area (Å²) in [6.45, 7) is 4.63. The van der Waals surface area contributed by atoms with Gasteiger partial charge in [-0.2, -0.15) is 0 Å². The lowest BCUT2D eigenvalue weighted by Crippen LogP contribution is -2.04. The van der Waals surface area contributed by atoms with Crippen molar-refractivity contribution in [1.29, 1.82) is 0 Å². The van der Waals surface area contributed by atoms with Gasteiger partial charge in [-0.15, -0.1) is 0 Å². The van der Waals surface area contributed by atoms with Crippen LogP contribution in [0.1, 0.15) is 11.1 Å². The summed E-state index contributed by atoms with van der Waals surface area (Å²) in [5, 5.41) is 3.10. The van der Waals surface area contributed by atoms with Crippen molar-refractivity contribution in [2.45, 2.75) is 6.54 Å². The van der Waals surface area contributed by atoms with E-state index in [1.807, 2.05) is 25.3 Å². The molecule has 0 aromatic heterocycles. The fourth-order valence-corrected chi connectivity index (χ4v) is 1.03. The molecule has 0 heterocycles. The summed E-state index contributed by atoms with van der Waals surface area (Å²) in [5.74, 6) is 0. The van der Waals surface area contributed by atoms with Gasteiger partial charge >= 0.3 is 0 Å². The van der Waals surface area contributed by atoms with Crippen LogP contribution in [0.4, 0.5) is 0 Å². The fourth-order valence-electron chi connectivity index (χ4n) is 1.03. The quantitative estimate of drug-likeness (QED) is 0.690. The van der Waals surface area contributed by atoms with E-state index >= 15 is 0 Å². The first-order chi connectivity index (χ1) is 5.36. The average molecular weight is 147 g/mol. The van der Waals surface area contributed by atoms with Crippen LogP contribution in [0.2, 0.25) is 0 Å². The largest absolute Gasteiger partial charge is 0.316 e. The predicted octanol–water partition coefficient (Wildman–Crippen LogP) is 2.05. The van der Waals surface area contributed by atoms with Crippen molar-refractivity contribution in [2.24, 2.45) is 0 Å². The highest BCUT2D eigenvalue weighted by molar-refractivity contribution is 5.47. The molecule has 0 aliphatic heterocycles. The number of nitrogens with one attached hydrogen (secondary N) is 1. The van der Waals surface area contributed by atoms with Crippen LogP contribution in [-0.2, 0) is 6.54 Å². The Labute approximate surface area is 67.8 Å². The molecule has 0 atom stereocenters. The summed E-state index contributed by atoms with van der Waals surface area (Å²) in [6, 6.07) is 8.32. The zero-order valence-corrected chi connectivity index (χ0v) is 6.80. The molecule has 0 saturated carbocycles. The summed E-state index contributed by atoms with van der Waals surface area (Å²) in [6.07, 6.45) is 1.86. The Morgan fingerprint density at radius 1 is 1.55 bits per heavy atom. The molecule has 0 aliphatic carbocycles. The molecule has 1 aromatic carbocycles. The van der Waals surface area contributed by atoms with E-state index < -0.39 is 0 Å². The maximum atomic E-state index is 3.71. The summed E-state index contributed by atoms with van der Waals surface area (Å²) in [7, 11) is 1.95. The topological polar surface area (TPSA) is 12.0 Å². The fraction of sp³-hybridized carbons (Fsp3) is 0.200. The van der Waals surface area contributed by atoms with E-state index in [2.05, 4.69) is 24.0 Å². The maximum absolute atomic E-state index is 3.71. The van der Waals surface area contributed by atoms with Gasteiger partial charge in [0.05, 0.1) is 0 Å². The molecule has 0 radical (unpaired) electrons. The first kappa shape index (κ1) is 8.02. The first-order valence-electron chi connectivity index (χ1n) is 3.73. The second-order valence-corrected chi connectivity index (χ2v) is 2.48. The molecule has 0 bridgehead atoms. The highest BCUT2D eigenvalue weighted by Crippen LogP contribution is 2.05. The van der Waals surface area contributed by atoms with Gasteiger partial charge in [-0.05, 0) is 18.2 Å². The molecule has 1 aromatic rings. The van der Waals surface area contributed by atoms with Crippen molar-refractivity contribution < 1.29 is 0 Å². The first-order valence-corrected chi connectivity index (χ1v) is 3.73. The Balaban J connectivity index is 2.82. The van der Waals surface area contributed by atoms with Gasteiger partial charge in [-0.1, -0.05) is 36.9 Å². The molecule has 0 unspecified atom stereocenters. The highest BCUT2D eigenvalue weighted by Gasteiger charge is 1.89. The zero-order valence-electron chi connectivity index (χ0n) is 6.80. The molecule has 0 spiro atoms. The van der Waals surface area contributed by atoms with E-state index in [-0.39, 0.29) is 0 Å². The van der Waals surface area contributed by atoms with Gasteiger partial charge in [0.1, 0.15) is 0 Å². The second-order valence-electron chi connectivity index (χ2n) is 2.48. The van der Waals surface area contributed by atoms with Crippen LogP contribution in [0.15, 0.2) is 30.8 Å². The van der Waals surface area contributed by atoms with Crippen LogP contribution in [0.5, 0.6) is 0 Å². The van der Waals surface area contributed by atoms with Crippen LogP contribution in [0, 0.1) is 0 Å². The van der Waals surface area contributed by atoms with E-state index in [1.54, 1.807) is 0 Å². The monoisotopic (exact) mass is 147 g/mol. The predicted molar refractivity (Wildman–Crippen MR) is 49.3 cm³/mol. The molecule has 58 valence electrons. The lowest BCUT2D eigenvalue weighted by Gasteiger charge is -2.00. The van der Waals surface area contributed by atoms with Gasteiger partial charge in [0, 0.05) is 6.54 Å². The van der Waals surface area contributed by atoms with Crippen molar-refractivity contribution in [3.05, 3.63) is 42.0 Å². The van der Waals surface area contributed by atoms with Crippen LogP contribution in [0.3, 0.4) is 0 Å². The third-order valence-electron chi connectivity index (χ3n) is 1.57. The SMILES string of the molecule is C=Cc1cccc(CNC)c1. The number of rotatable bonds is 3. The normalized spacial score (nSPS) is 9.55. The van der Waals surface area contributed by atoms with Crippen LogP contribution < -0.4 is 5.32 Å². The molecule has 1 nitrogen and oxygen atoms in total. The Morgan fingerprint density at radius 3 is 3.00 bits per heavy atom. The lowest BCUT2D eigenvalue weighted by molar-refractivity contribution is 0.818. The molecule has 0 amide bonds. The number of hydrogen-bond acceptors (Lipinski definition) is 1. The smallest absolute Gasteiger partial charge is 0.0202 e. The molecule has 0 fully saturated rings. The van der Waals surface area contributed by atoms with Crippen LogP contribution in [-0.4, -0.2) is 7.05 Å². The summed E-state index contributed by atoms with van der Waals surface area (Å²) in [4.78, 5) is 0. The van der Waals surface area contributed by atoms with E-state index in [0.717, 1.165) is 6.54 Å². The summed E-state index contributed by atoms with van der Waals surface area (Å²) >= 11 is 0. The van der Waals surface area contributed by atoms with Gasteiger partial charge in [0.25, 0.3) is 0 Å². The van der Waals surface area contributed by atoms with E-state index in [1.165, 1.54) is 11.1 Å². The van der Waals surface area contributed by atoms with E-state index in [9.17, 15) is 0 Å². The Kier molecular flexibility index (Phi) is 2.87. The lowest BCUT2D eigenvalue weighted by atomic mass is 10.1. The molecule has 1 rings (SSSR count). The van der Waals surface area contributed by atoms with E-state index in [4.69, 9.17) is 0 Å². The van der Waals surface area contributed by atoms with Crippen molar-refractivity contribution in [3.8, 4) is 0 Å². The Hall–Kier alpha value is -1.08. The zero-order chi connectivity index (χ0) is 8.10. The molecule has 0 aliphatic rings. The van der Waals surface area contributed by atoms with Crippen LogP contribution >= 0.6 is 0 Å². The van der Waals surface area contributed by atoms with Crippen molar-refractivity contribution in [1.82, 2.24) is 5.32 Å². The van der Waals surface area contributed by atoms with Crippen molar-refractivity contribution in [3.63, 3.8) is 0 Å². The average Bonchev–Trinajstić information content (AvgIpc) is 2.06. The minimum Gasteiger partial charge on any atom is -0.316 e. The molecule has 0 saturated heterocycles. The molecular weight excluding hydrogens is 134 g/mol. The number of benzene rings is 1.